The summed E-state index contributed by atoms with van der Waals surface area (Å²) in [5.41, 5.74) is -1.38. The maximum absolute atomic E-state index is 16.0. The summed E-state index contributed by atoms with van der Waals surface area (Å²) in [5.74, 6) is -3.17. The van der Waals surface area contributed by atoms with Crippen LogP contribution in [0.1, 0.15) is 87.3 Å². The molecule has 3 saturated heterocycles. The molecule has 64 heavy (non-hydrogen) atoms. The number of alkyl halides is 3. The highest BCUT2D eigenvalue weighted by Crippen LogP contribution is 2.53. The van der Waals surface area contributed by atoms with Crippen LogP contribution in [-0.2, 0) is 20.6 Å². The Hall–Kier alpha value is -6.10. The van der Waals surface area contributed by atoms with Gasteiger partial charge in [-0.2, -0.15) is 18.4 Å². The molecular weight excluding hydrogens is 859 g/mol. The van der Waals surface area contributed by atoms with Crippen molar-refractivity contribution in [1.82, 2.24) is 25.3 Å². The largest absolute Gasteiger partial charge is 0.494 e. The van der Waals surface area contributed by atoms with Crippen molar-refractivity contribution in [1.29, 1.82) is 5.26 Å². The third-order valence-electron chi connectivity index (χ3n) is 12.3. The molecule has 0 bridgehead atoms. The number of benzene rings is 3. The molecule has 0 spiro atoms. The van der Waals surface area contributed by atoms with Gasteiger partial charge in [-0.3, -0.25) is 49.2 Å². The number of nitrogens with one attached hydrogen (secondary N) is 2. The number of unbranched alkanes of at least 4 members (excludes halogenated alkanes) is 1. The number of nitriles is 1. The molecule has 5 amide bonds. The Morgan fingerprint density at radius 3 is 2.39 bits per heavy atom. The molecule has 3 fully saturated rings. The normalized spacial score (nSPS) is 21.5. The minimum Gasteiger partial charge on any atom is -0.494 e. The highest BCUT2D eigenvalue weighted by atomic mass is 32.2. The van der Waals surface area contributed by atoms with Crippen molar-refractivity contribution in [3.05, 3.63) is 98.7 Å². The molecule has 3 aromatic carbocycles. The van der Waals surface area contributed by atoms with E-state index in [1.54, 1.807) is 41.8 Å². The van der Waals surface area contributed by atoms with Gasteiger partial charge in [0.15, 0.2) is 0 Å². The number of carbonyl (C=O) groups excluding carboxylic acids is 6. The van der Waals surface area contributed by atoms with Crippen molar-refractivity contribution >= 4 is 57.7 Å². The average Bonchev–Trinajstić information content (AvgIpc) is 3.91. The minimum absolute atomic E-state index is 0.0292. The molecular formula is C45H43F4N7O7S. The fourth-order valence-electron chi connectivity index (χ4n) is 8.86. The quantitative estimate of drug-likeness (QED) is 0.147. The van der Waals surface area contributed by atoms with Gasteiger partial charge in [-0.1, -0.05) is 17.8 Å². The van der Waals surface area contributed by atoms with Crippen molar-refractivity contribution < 1.29 is 51.1 Å². The number of nitrogens with zero attached hydrogens (tertiary/aromatic N) is 5. The summed E-state index contributed by atoms with van der Waals surface area (Å²) >= 11 is 0.955. The van der Waals surface area contributed by atoms with Gasteiger partial charge >= 0.3 is 6.18 Å². The van der Waals surface area contributed by atoms with Gasteiger partial charge in [0.25, 0.3) is 17.7 Å². The molecule has 0 aromatic heterocycles. The number of thioether (sulfide) groups is 1. The van der Waals surface area contributed by atoms with Crippen molar-refractivity contribution in [2.75, 3.05) is 57.3 Å². The first-order chi connectivity index (χ1) is 30.5. The molecule has 19 heteroatoms. The van der Waals surface area contributed by atoms with Crippen LogP contribution in [0.25, 0.3) is 5.57 Å². The van der Waals surface area contributed by atoms with Gasteiger partial charge in [-0.15, -0.1) is 0 Å². The number of piperidine rings is 1. The molecule has 2 N–H and O–H groups in total. The molecule has 334 valence electrons. The smallest absolute Gasteiger partial charge is 0.417 e. The number of allylic oxidation sites excluding steroid dienone is 1. The molecule has 2 atom stereocenters. The van der Waals surface area contributed by atoms with Gasteiger partial charge in [0.05, 0.1) is 45.9 Å². The maximum atomic E-state index is 16.0. The molecule has 0 saturated carbocycles. The standard InChI is InChI=1S/C45H43F4N7O7S/c1-44(2)36(37(64-43(44)62)38-51-13-15-55(38)27-7-5-26(24-50)32(22-27)45(47,48)49)25-6-9-30(33(46)21-25)40(59)54-18-16-53(17-19-54)14-3-4-20-63-28-8-10-29-31(23-28)42(61)56(41(29)60)34-11-12-35(57)52-39(34)58/h5-10,21-23,34,38,51H,3-4,11-20H2,1-2H3,(H,52,57,58). The van der Waals surface area contributed by atoms with Crippen LogP contribution in [0.15, 0.2) is 59.5 Å². The predicted molar refractivity (Wildman–Crippen MR) is 225 cm³/mol. The van der Waals surface area contributed by atoms with E-state index in [2.05, 4.69) is 15.5 Å². The second kappa shape index (κ2) is 17.5. The molecule has 14 nitrogen and oxygen atoms in total. The monoisotopic (exact) mass is 901 g/mol. The van der Waals surface area contributed by atoms with E-state index in [4.69, 9.17) is 4.74 Å². The second-order valence-electron chi connectivity index (χ2n) is 16.7. The van der Waals surface area contributed by atoms with Crippen molar-refractivity contribution in [2.45, 2.75) is 57.9 Å². The predicted octanol–water partition coefficient (Wildman–Crippen LogP) is 5.18. The zero-order valence-electron chi connectivity index (χ0n) is 34.9. The Bertz CT molecular complexity index is 2550. The first-order valence-corrected chi connectivity index (χ1v) is 21.7. The van der Waals surface area contributed by atoms with Crippen LogP contribution in [0.4, 0.5) is 23.2 Å². The molecule has 8 rings (SSSR count). The molecule has 5 heterocycles. The number of carbonyl (C=O) groups is 6. The number of rotatable bonds is 11. The average molecular weight is 902 g/mol. The fourth-order valence-corrected chi connectivity index (χ4v) is 10.2. The number of amides is 5. The highest BCUT2D eigenvalue weighted by molar-refractivity contribution is 8.17. The molecule has 2 unspecified atom stereocenters. The van der Waals surface area contributed by atoms with E-state index in [1.165, 1.54) is 30.3 Å². The Balaban J connectivity index is 0.853. The van der Waals surface area contributed by atoms with Crippen LogP contribution >= 0.6 is 11.8 Å². The Morgan fingerprint density at radius 1 is 0.938 bits per heavy atom. The van der Waals surface area contributed by atoms with Gasteiger partial charge in [0.1, 0.15) is 23.8 Å². The zero-order chi connectivity index (χ0) is 45.7. The number of fused-ring (bicyclic) bond motifs is 1. The Labute approximate surface area is 369 Å². The summed E-state index contributed by atoms with van der Waals surface area (Å²) in [6, 6.07) is 12.9. The van der Waals surface area contributed by atoms with Crippen LogP contribution in [-0.4, -0.2) is 114 Å². The lowest BCUT2D eigenvalue weighted by Gasteiger charge is -2.35. The van der Waals surface area contributed by atoms with E-state index in [1.807, 2.05) is 0 Å². The molecule has 5 aliphatic heterocycles. The Kier molecular flexibility index (Phi) is 12.1. The van der Waals surface area contributed by atoms with Crippen molar-refractivity contribution in [2.24, 2.45) is 5.41 Å². The SMILES string of the molecule is CC1(C)C(=O)SC(C2NCCN2c2ccc(C#N)c(C(F)(F)F)c2)=C1c1ccc(C(=O)N2CCN(CCCCOc3ccc4c(c3)C(=O)N(C3CCC(=O)NC3=O)C4=O)CC2)c(F)c1. The maximum Gasteiger partial charge on any atom is 0.417 e. The number of anilines is 1. The molecule has 3 aromatic rings. The number of halogens is 4. The van der Waals surface area contributed by atoms with Gasteiger partial charge in [0, 0.05) is 56.3 Å². The zero-order valence-corrected chi connectivity index (χ0v) is 35.7. The number of hydrogen-bond acceptors (Lipinski definition) is 12. The van der Waals surface area contributed by atoms with Crippen LogP contribution in [0, 0.1) is 22.6 Å². The number of hydrogen-bond donors (Lipinski definition) is 2. The molecule has 0 radical (unpaired) electrons. The first-order valence-electron chi connectivity index (χ1n) is 20.9. The fraction of sp³-hybridized carbons (Fsp3) is 0.400. The van der Waals surface area contributed by atoms with E-state index in [0.29, 0.717) is 74.1 Å². The topological polar surface area (TPSA) is 172 Å². The third kappa shape index (κ3) is 8.37. The van der Waals surface area contributed by atoms with Gasteiger partial charge < -0.3 is 14.5 Å². The molecule has 0 aliphatic carbocycles. The summed E-state index contributed by atoms with van der Waals surface area (Å²) < 4.78 is 63.5. The van der Waals surface area contributed by atoms with E-state index < -0.39 is 70.3 Å². The van der Waals surface area contributed by atoms with Crippen LogP contribution < -0.4 is 20.3 Å². The van der Waals surface area contributed by atoms with Crippen LogP contribution in [0.3, 0.4) is 0 Å². The summed E-state index contributed by atoms with van der Waals surface area (Å²) in [5, 5.41) is 14.5. The lowest BCUT2D eigenvalue weighted by Crippen LogP contribution is -2.54. The number of ether oxygens (including phenoxy) is 1. The summed E-state index contributed by atoms with van der Waals surface area (Å²) in [4.78, 5) is 83.9. The third-order valence-corrected chi connectivity index (χ3v) is 13.6. The van der Waals surface area contributed by atoms with E-state index in [0.717, 1.165) is 41.8 Å². The van der Waals surface area contributed by atoms with Crippen molar-refractivity contribution in [3.8, 4) is 11.8 Å². The highest BCUT2D eigenvalue weighted by Gasteiger charge is 2.48. The van der Waals surface area contributed by atoms with Crippen molar-refractivity contribution in [3.63, 3.8) is 0 Å². The Morgan fingerprint density at radius 2 is 1.69 bits per heavy atom. The summed E-state index contributed by atoms with van der Waals surface area (Å²) in [6.07, 6.45) is -3.93. The van der Waals surface area contributed by atoms with E-state index >= 15 is 4.39 Å². The van der Waals surface area contributed by atoms with Crippen LogP contribution in [0.2, 0.25) is 0 Å². The summed E-state index contributed by atoms with van der Waals surface area (Å²) in [6.45, 7) is 7.05. The van der Waals surface area contributed by atoms with E-state index in [9.17, 15) is 47.2 Å². The number of imide groups is 2. The lowest BCUT2D eigenvalue weighted by molar-refractivity contribution is -0.138. The second-order valence-corrected chi connectivity index (χ2v) is 17.7. The van der Waals surface area contributed by atoms with Crippen LogP contribution in [0.5, 0.6) is 5.75 Å². The minimum atomic E-state index is -4.76. The van der Waals surface area contributed by atoms with Gasteiger partial charge in [0.2, 0.25) is 16.9 Å². The molecule has 5 aliphatic rings. The first kappa shape index (κ1) is 44.5. The lowest BCUT2D eigenvalue weighted by atomic mass is 9.80. The van der Waals surface area contributed by atoms with Gasteiger partial charge in [-0.05, 0) is 99.3 Å². The van der Waals surface area contributed by atoms with E-state index in [-0.39, 0.29) is 40.3 Å². The summed E-state index contributed by atoms with van der Waals surface area (Å²) in [7, 11) is 0. The van der Waals surface area contributed by atoms with Gasteiger partial charge in [-0.25, -0.2) is 4.39 Å². The number of piperazine rings is 1.